The van der Waals surface area contributed by atoms with Crippen LogP contribution in [0.4, 0.5) is 0 Å². The zero-order valence-corrected chi connectivity index (χ0v) is 11.2. The maximum absolute atomic E-state index is 6.14. The topological polar surface area (TPSA) is 42.2 Å². The molecule has 2 N–H and O–H groups in total. The first-order valence-electron chi connectivity index (χ1n) is 6.64. The molecule has 3 rings (SSSR count). The van der Waals surface area contributed by atoms with Crippen molar-refractivity contribution in [2.75, 3.05) is 0 Å². The van der Waals surface area contributed by atoms with Crippen molar-refractivity contribution in [1.82, 2.24) is 9.88 Å². The maximum Gasteiger partial charge on any atom is 0.0897 e. The first-order chi connectivity index (χ1) is 8.22. The molecule has 17 heavy (non-hydrogen) atoms. The second kappa shape index (κ2) is 4.67. The van der Waals surface area contributed by atoms with E-state index in [4.69, 9.17) is 5.73 Å². The number of fused-ring (bicyclic) bond motifs is 2. The molecule has 2 aliphatic heterocycles. The van der Waals surface area contributed by atoms with Crippen LogP contribution in [0.5, 0.6) is 0 Å². The van der Waals surface area contributed by atoms with Gasteiger partial charge in [-0.25, -0.2) is 4.98 Å². The number of aromatic nitrogens is 1. The van der Waals surface area contributed by atoms with Crippen molar-refractivity contribution < 1.29 is 0 Å². The van der Waals surface area contributed by atoms with Crippen LogP contribution in [0.15, 0.2) is 5.38 Å². The van der Waals surface area contributed by atoms with Crippen LogP contribution < -0.4 is 5.73 Å². The van der Waals surface area contributed by atoms with Gasteiger partial charge in [0.05, 0.1) is 10.7 Å². The molecule has 3 heterocycles. The molecule has 0 saturated carbocycles. The number of nitrogens with zero attached hydrogens (tertiary/aromatic N) is 2. The monoisotopic (exact) mass is 251 g/mol. The van der Waals surface area contributed by atoms with E-state index in [0.29, 0.717) is 18.1 Å². The lowest BCUT2D eigenvalue weighted by Crippen LogP contribution is -2.54. The van der Waals surface area contributed by atoms with Gasteiger partial charge in [0, 0.05) is 30.1 Å². The van der Waals surface area contributed by atoms with Crippen molar-refractivity contribution in [3.63, 3.8) is 0 Å². The Morgan fingerprint density at radius 3 is 2.71 bits per heavy atom. The van der Waals surface area contributed by atoms with Gasteiger partial charge in [0.25, 0.3) is 0 Å². The van der Waals surface area contributed by atoms with Crippen molar-refractivity contribution in [1.29, 1.82) is 0 Å². The lowest BCUT2D eigenvalue weighted by molar-refractivity contribution is 0.0236. The highest BCUT2D eigenvalue weighted by molar-refractivity contribution is 7.09. The summed E-state index contributed by atoms with van der Waals surface area (Å²) in [5.74, 6) is 0. The Balaban J connectivity index is 1.73. The third-order valence-corrected chi connectivity index (χ3v) is 5.00. The number of aryl methyl sites for hydroxylation is 1. The van der Waals surface area contributed by atoms with Crippen molar-refractivity contribution in [3.8, 4) is 0 Å². The Hall–Kier alpha value is -0.450. The molecular weight excluding hydrogens is 230 g/mol. The Kier molecular flexibility index (Phi) is 3.19. The van der Waals surface area contributed by atoms with Crippen LogP contribution in [0.2, 0.25) is 0 Å². The van der Waals surface area contributed by atoms with E-state index in [-0.39, 0.29) is 0 Å². The summed E-state index contributed by atoms with van der Waals surface area (Å²) >= 11 is 1.76. The average molecular weight is 251 g/mol. The summed E-state index contributed by atoms with van der Waals surface area (Å²) in [4.78, 5) is 7.26. The van der Waals surface area contributed by atoms with Crippen LogP contribution in [0.1, 0.15) is 42.8 Å². The lowest BCUT2D eigenvalue weighted by Gasteiger charge is -2.48. The fourth-order valence-corrected chi connectivity index (χ4v) is 4.05. The summed E-state index contributed by atoms with van der Waals surface area (Å²) in [7, 11) is 0. The van der Waals surface area contributed by atoms with Gasteiger partial charge in [-0.2, -0.15) is 0 Å². The molecule has 0 amide bonds. The van der Waals surface area contributed by atoms with Crippen LogP contribution in [0.3, 0.4) is 0 Å². The van der Waals surface area contributed by atoms with Gasteiger partial charge in [0.1, 0.15) is 0 Å². The van der Waals surface area contributed by atoms with Crippen molar-refractivity contribution in [2.45, 2.75) is 63.7 Å². The number of piperidine rings is 2. The second-order valence-electron chi connectivity index (χ2n) is 5.50. The fraction of sp³-hybridized carbons (Fsp3) is 0.769. The quantitative estimate of drug-likeness (QED) is 0.877. The van der Waals surface area contributed by atoms with Gasteiger partial charge in [-0.05, 0) is 32.6 Å². The molecule has 2 saturated heterocycles. The van der Waals surface area contributed by atoms with Crippen LogP contribution in [0.25, 0.3) is 0 Å². The molecule has 0 aliphatic carbocycles. The zero-order valence-electron chi connectivity index (χ0n) is 10.4. The third-order valence-electron chi connectivity index (χ3n) is 4.17. The van der Waals surface area contributed by atoms with Gasteiger partial charge in [-0.1, -0.05) is 6.42 Å². The van der Waals surface area contributed by atoms with Crippen molar-refractivity contribution in [2.24, 2.45) is 5.73 Å². The second-order valence-corrected chi connectivity index (χ2v) is 6.56. The zero-order chi connectivity index (χ0) is 11.8. The normalized spacial score (nSPS) is 33.9. The summed E-state index contributed by atoms with van der Waals surface area (Å²) < 4.78 is 0. The lowest BCUT2D eigenvalue weighted by atomic mass is 9.82. The molecule has 3 nitrogen and oxygen atoms in total. The summed E-state index contributed by atoms with van der Waals surface area (Å²) in [5, 5.41) is 3.39. The van der Waals surface area contributed by atoms with Crippen LogP contribution >= 0.6 is 11.3 Å². The SMILES string of the molecule is Cc1nc(CN2C3CCCC2CC(N)C3)cs1. The molecular formula is C13H21N3S. The van der Waals surface area contributed by atoms with E-state index in [9.17, 15) is 0 Å². The first kappa shape index (κ1) is 11.6. The Labute approximate surface area is 107 Å². The van der Waals surface area contributed by atoms with Gasteiger partial charge < -0.3 is 5.73 Å². The molecule has 2 unspecified atom stereocenters. The number of rotatable bonds is 2. The van der Waals surface area contributed by atoms with Gasteiger partial charge in [0.15, 0.2) is 0 Å². The maximum atomic E-state index is 6.14. The van der Waals surface area contributed by atoms with Gasteiger partial charge in [-0.15, -0.1) is 11.3 Å². The standard InChI is InChI=1S/C13H21N3S/c1-9-15-11(8-17-9)7-16-12-3-2-4-13(16)6-10(14)5-12/h8,10,12-13H,2-7,14H2,1H3. The molecule has 2 atom stereocenters. The van der Waals surface area contributed by atoms with E-state index >= 15 is 0 Å². The highest BCUT2D eigenvalue weighted by Gasteiger charge is 2.36. The molecule has 0 aromatic carbocycles. The largest absolute Gasteiger partial charge is 0.328 e. The van der Waals surface area contributed by atoms with E-state index in [1.165, 1.54) is 42.8 Å². The number of hydrogen-bond acceptors (Lipinski definition) is 4. The fourth-order valence-electron chi connectivity index (χ4n) is 3.45. The van der Waals surface area contributed by atoms with Crippen LogP contribution in [-0.2, 0) is 6.54 Å². The van der Waals surface area contributed by atoms with Gasteiger partial charge >= 0.3 is 0 Å². The molecule has 2 bridgehead atoms. The average Bonchev–Trinajstić information content (AvgIpc) is 2.65. The Bertz CT molecular complexity index is 376. The Morgan fingerprint density at radius 1 is 1.41 bits per heavy atom. The van der Waals surface area contributed by atoms with Gasteiger partial charge in [0.2, 0.25) is 0 Å². The molecule has 94 valence electrons. The molecule has 0 radical (unpaired) electrons. The summed E-state index contributed by atoms with van der Waals surface area (Å²) in [6, 6.07) is 1.85. The minimum atomic E-state index is 0.429. The molecule has 0 spiro atoms. The van der Waals surface area contributed by atoms with Crippen molar-refractivity contribution in [3.05, 3.63) is 16.1 Å². The van der Waals surface area contributed by atoms with E-state index in [1.807, 2.05) is 0 Å². The molecule has 4 heteroatoms. The van der Waals surface area contributed by atoms with Crippen molar-refractivity contribution >= 4 is 11.3 Å². The smallest absolute Gasteiger partial charge is 0.0897 e. The predicted octanol–water partition coefficient (Wildman–Crippen LogP) is 2.30. The molecule has 2 fully saturated rings. The highest BCUT2D eigenvalue weighted by Crippen LogP contribution is 2.34. The summed E-state index contributed by atoms with van der Waals surface area (Å²) in [6.45, 7) is 3.12. The summed E-state index contributed by atoms with van der Waals surface area (Å²) in [5.41, 5.74) is 7.39. The third kappa shape index (κ3) is 2.39. The van der Waals surface area contributed by atoms with Crippen LogP contribution in [-0.4, -0.2) is 28.0 Å². The van der Waals surface area contributed by atoms with E-state index in [2.05, 4.69) is 22.2 Å². The summed E-state index contributed by atoms with van der Waals surface area (Å²) in [6.07, 6.45) is 6.40. The van der Waals surface area contributed by atoms with E-state index < -0.39 is 0 Å². The Morgan fingerprint density at radius 2 is 2.12 bits per heavy atom. The number of thiazole rings is 1. The number of nitrogens with two attached hydrogens (primary N) is 1. The van der Waals surface area contributed by atoms with E-state index in [1.54, 1.807) is 11.3 Å². The minimum absolute atomic E-state index is 0.429. The molecule has 1 aromatic rings. The predicted molar refractivity (Wildman–Crippen MR) is 71.0 cm³/mol. The molecule has 1 aromatic heterocycles. The molecule has 2 aliphatic rings. The highest BCUT2D eigenvalue weighted by atomic mass is 32.1. The minimum Gasteiger partial charge on any atom is -0.328 e. The first-order valence-corrected chi connectivity index (χ1v) is 7.52. The van der Waals surface area contributed by atoms with Gasteiger partial charge in [-0.3, -0.25) is 4.90 Å². The van der Waals surface area contributed by atoms with E-state index in [0.717, 1.165) is 6.54 Å². The van der Waals surface area contributed by atoms with Crippen LogP contribution in [0, 0.1) is 6.92 Å². The number of hydrogen-bond donors (Lipinski definition) is 1.